The minimum atomic E-state index is -2.94. The Morgan fingerprint density at radius 1 is 1.25 bits per heavy atom. The summed E-state index contributed by atoms with van der Waals surface area (Å²) in [6.07, 6.45) is 2.28. The summed E-state index contributed by atoms with van der Waals surface area (Å²) in [6.45, 7) is 12.8. The molecule has 1 fully saturated rings. The lowest BCUT2D eigenvalue weighted by atomic mass is 9.98. The number of nitrogens with one attached hydrogen (secondary N) is 1. The van der Waals surface area contributed by atoms with E-state index in [1.54, 1.807) is 13.8 Å². The van der Waals surface area contributed by atoms with Gasteiger partial charge in [-0.05, 0) is 26.2 Å². The van der Waals surface area contributed by atoms with Crippen molar-refractivity contribution in [2.75, 3.05) is 25.4 Å². The Morgan fingerprint density at radius 2 is 1.90 bits per heavy atom. The summed E-state index contributed by atoms with van der Waals surface area (Å²) in [5, 5.41) is 3.34. The predicted octanol–water partition coefficient (Wildman–Crippen LogP) is 1.91. The van der Waals surface area contributed by atoms with E-state index in [4.69, 9.17) is 0 Å². The highest BCUT2D eigenvalue weighted by Crippen LogP contribution is 2.16. The molecule has 0 amide bonds. The Morgan fingerprint density at radius 3 is 2.40 bits per heavy atom. The van der Waals surface area contributed by atoms with Crippen molar-refractivity contribution in [1.29, 1.82) is 0 Å². The number of rotatable bonds is 7. The van der Waals surface area contributed by atoms with Gasteiger partial charge >= 0.3 is 0 Å². The normalized spacial score (nSPS) is 25.6. The van der Waals surface area contributed by atoms with Gasteiger partial charge in [0.15, 0.2) is 9.84 Å². The van der Waals surface area contributed by atoms with Gasteiger partial charge in [-0.25, -0.2) is 8.42 Å². The van der Waals surface area contributed by atoms with Gasteiger partial charge in [-0.15, -0.1) is 0 Å². The fourth-order valence-corrected chi connectivity index (χ4v) is 3.66. The number of hydrogen-bond donors (Lipinski definition) is 1. The second kappa shape index (κ2) is 7.76. The Hall–Kier alpha value is -0.130. The number of piperazine rings is 1. The zero-order chi connectivity index (χ0) is 15.3. The molecule has 20 heavy (non-hydrogen) atoms. The van der Waals surface area contributed by atoms with Gasteiger partial charge in [0, 0.05) is 31.7 Å². The first-order valence-corrected chi connectivity index (χ1v) is 9.68. The summed E-state index contributed by atoms with van der Waals surface area (Å²) in [5.74, 6) is 0.872. The summed E-state index contributed by atoms with van der Waals surface area (Å²) >= 11 is 0. The van der Waals surface area contributed by atoms with E-state index >= 15 is 0 Å². The Labute approximate surface area is 125 Å². The summed E-state index contributed by atoms with van der Waals surface area (Å²) in [6, 6.07) is 0.960. The van der Waals surface area contributed by atoms with Crippen LogP contribution in [-0.4, -0.2) is 56.0 Å². The van der Waals surface area contributed by atoms with Crippen LogP contribution in [0.3, 0.4) is 0 Å². The van der Waals surface area contributed by atoms with E-state index in [0.29, 0.717) is 24.5 Å². The summed E-state index contributed by atoms with van der Waals surface area (Å²) in [4.78, 5) is 2.39. The molecule has 4 nitrogen and oxygen atoms in total. The molecule has 0 aromatic carbocycles. The van der Waals surface area contributed by atoms with E-state index in [1.165, 1.54) is 0 Å². The lowest BCUT2D eigenvalue weighted by Gasteiger charge is -2.42. The first kappa shape index (κ1) is 17.9. The van der Waals surface area contributed by atoms with Gasteiger partial charge in [-0.1, -0.05) is 27.2 Å². The first-order chi connectivity index (χ1) is 9.27. The van der Waals surface area contributed by atoms with Crippen LogP contribution in [0.2, 0.25) is 0 Å². The van der Waals surface area contributed by atoms with Crippen molar-refractivity contribution in [3.63, 3.8) is 0 Å². The molecule has 0 aromatic heterocycles. The van der Waals surface area contributed by atoms with Crippen LogP contribution < -0.4 is 5.32 Å². The smallest absolute Gasteiger partial charge is 0.153 e. The third-order valence-electron chi connectivity index (χ3n) is 4.37. The number of hydrogen-bond acceptors (Lipinski definition) is 4. The molecule has 2 unspecified atom stereocenters. The van der Waals surface area contributed by atoms with E-state index in [0.717, 1.165) is 25.9 Å². The Kier molecular flexibility index (Phi) is 6.95. The second-order valence-electron chi connectivity index (χ2n) is 6.61. The second-order valence-corrected chi connectivity index (χ2v) is 9.29. The molecular formula is C15H32N2O2S. The lowest BCUT2D eigenvalue weighted by Crippen LogP contribution is -2.58. The largest absolute Gasteiger partial charge is 0.311 e. The molecule has 0 saturated carbocycles. The van der Waals surface area contributed by atoms with E-state index in [-0.39, 0.29) is 11.0 Å². The maximum atomic E-state index is 12.0. The highest BCUT2D eigenvalue weighted by atomic mass is 32.2. The standard InChI is InChI=1S/C15H32N2O2S/c1-6-7-14-10-16-15(12(2)3)11-17(14)8-9-20(18,19)13(4)5/h12-16H,6-11H2,1-5H3. The molecule has 2 atom stereocenters. The molecule has 5 heteroatoms. The molecule has 1 aliphatic rings. The van der Waals surface area contributed by atoms with Gasteiger partial charge in [-0.2, -0.15) is 0 Å². The average molecular weight is 304 g/mol. The Bertz CT molecular complexity index is 379. The summed E-state index contributed by atoms with van der Waals surface area (Å²) in [7, 11) is -2.94. The monoisotopic (exact) mass is 304 g/mol. The summed E-state index contributed by atoms with van der Waals surface area (Å²) < 4.78 is 24.0. The van der Waals surface area contributed by atoms with Crippen LogP contribution in [0.15, 0.2) is 0 Å². The van der Waals surface area contributed by atoms with Crippen molar-refractivity contribution >= 4 is 9.84 Å². The highest BCUT2D eigenvalue weighted by molar-refractivity contribution is 7.92. The van der Waals surface area contributed by atoms with Gasteiger partial charge in [-0.3, -0.25) is 4.90 Å². The molecule has 0 bridgehead atoms. The minimum absolute atomic E-state index is 0.268. The zero-order valence-electron chi connectivity index (χ0n) is 13.7. The van der Waals surface area contributed by atoms with Crippen LogP contribution >= 0.6 is 0 Å². The average Bonchev–Trinajstić information content (AvgIpc) is 2.37. The maximum Gasteiger partial charge on any atom is 0.153 e. The zero-order valence-corrected chi connectivity index (χ0v) is 14.5. The molecule has 1 heterocycles. The molecule has 1 rings (SSSR count). The minimum Gasteiger partial charge on any atom is -0.311 e. The van der Waals surface area contributed by atoms with Crippen molar-refractivity contribution in [3.8, 4) is 0 Å². The molecular weight excluding hydrogens is 272 g/mol. The molecule has 1 aliphatic heterocycles. The van der Waals surface area contributed by atoms with Crippen molar-refractivity contribution in [1.82, 2.24) is 10.2 Å². The lowest BCUT2D eigenvalue weighted by molar-refractivity contribution is 0.113. The van der Waals surface area contributed by atoms with E-state index in [2.05, 4.69) is 31.0 Å². The van der Waals surface area contributed by atoms with Crippen LogP contribution in [0.25, 0.3) is 0 Å². The SMILES string of the molecule is CCCC1CNC(C(C)C)CN1CCS(=O)(=O)C(C)C. The van der Waals surface area contributed by atoms with Gasteiger partial charge in [0.25, 0.3) is 0 Å². The van der Waals surface area contributed by atoms with E-state index in [1.807, 2.05) is 0 Å². The molecule has 0 spiro atoms. The fraction of sp³-hybridized carbons (Fsp3) is 1.00. The van der Waals surface area contributed by atoms with Crippen molar-refractivity contribution in [3.05, 3.63) is 0 Å². The number of nitrogens with zero attached hydrogens (tertiary/aromatic N) is 1. The quantitative estimate of drug-likeness (QED) is 0.780. The van der Waals surface area contributed by atoms with Crippen LogP contribution in [0.4, 0.5) is 0 Å². The molecule has 1 saturated heterocycles. The topological polar surface area (TPSA) is 49.4 Å². The molecule has 0 aliphatic carbocycles. The molecule has 1 N–H and O–H groups in total. The van der Waals surface area contributed by atoms with Crippen LogP contribution in [0.1, 0.15) is 47.5 Å². The van der Waals surface area contributed by atoms with Gasteiger partial charge in [0.2, 0.25) is 0 Å². The maximum absolute atomic E-state index is 12.0. The third-order valence-corrected chi connectivity index (χ3v) is 6.56. The van der Waals surface area contributed by atoms with Crippen molar-refractivity contribution < 1.29 is 8.42 Å². The van der Waals surface area contributed by atoms with Crippen LogP contribution in [0, 0.1) is 5.92 Å². The van der Waals surface area contributed by atoms with E-state index < -0.39 is 9.84 Å². The van der Waals surface area contributed by atoms with Gasteiger partial charge in [0.05, 0.1) is 11.0 Å². The predicted molar refractivity (Wildman–Crippen MR) is 85.8 cm³/mol. The van der Waals surface area contributed by atoms with E-state index in [9.17, 15) is 8.42 Å². The van der Waals surface area contributed by atoms with Crippen molar-refractivity contribution in [2.24, 2.45) is 5.92 Å². The van der Waals surface area contributed by atoms with Crippen molar-refractivity contribution in [2.45, 2.75) is 64.8 Å². The third kappa shape index (κ3) is 5.01. The Balaban J connectivity index is 2.65. The molecule has 120 valence electrons. The molecule has 0 radical (unpaired) electrons. The number of sulfone groups is 1. The highest BCUT2D eigenvalue weighted by Gasteiger charge is 2.29. The molecule has 0 aromatic rings. The summed E-state index contributed by atoms with van der Waals surface area (Å²) in [5.41, 5.74) is 0. The van der Waals surface area contributed by atoms with Crippen LogP contribution in [0.5, 0.6) is 0 Å². The van der Waals surface area contributed by atoms with Crippen LogP contribution in [-0.2, 0) is 9.84 Å². The fourth-order valence-electron chi connectivity index (χ4n) is 2.70. The first-order valence-electron chi connectivity index (χ1n) is 7.97. The van der Waals surface area contributed by atoms with Gasteiger partial charge in [0.1, 0.15) is 0 Å². The van der Waals surface area contributed by atoms with Gasteiger partial charge < -0.3 is 5.32 Å².